The number of nitrogens with zero attached hydrogens (tertiary/aromatic N) is 1. The Morgan fingerprint density at radius 3 is 3.00 bits per heavy atom. The van der Waals surface area contributed by atoms with E-state index in [0.29, 0.717) is 6.61 Å². The summed E-state index contributed by atoms with van der Waals surface area (Å²) in [6, 6.07) is 7.28. The molecule has 1 saturated heterocycles. The minimum absolute atomic E-state index is 0.0328. The van der Waals surface area contributed by atoms with Crippen LogP contribution in [0.5, 0.6) is 0 Å². The quantitative estimate of drug-likeness (QED) is 0.782. The highest BCUT2D eigenvalue weighted by atomic mass is 32.2. The van der Waals surface area contributed by atoms with Crippen LogP contribution < -0.4 is 4.72 Å². The van der Waals surface area contributed by atoms with Crippen LogP contribution in [0.1, 0.15) is 30.1 Å². The average molecular weight is 338 g/mol. The molecule has 23 heavy (non-hydrogen) atoms. The van der Waals surface area contributed by atoms with E-state index in [-0.39, 0.29) is 23.1 Å². The van der Waals surface area contributed by atoms with Crippen LogP contribution in [0, 0.1) is 11.3 Å². The zero-order chi connectivity index (χ0) is 16.9. The smallest absolute Gasteiger partial charge is 0.339 e. The van der Waals surface area contributed by atoms with Crippen molar-refractivity contribution in [1.82, 2.24) is 4.72 Å². The van der Waals surface area contributed by atoms with Crippen molar-refractivity contribution < 1.29 is 22.7 Å². The maximum Gasteiger partial charge on any atom is 0.339 e. The summed E-state index contributed by atoms with van der Waals surface area (Å²) in [6.07, 6.45) is 0.723. The molecule has 0 radical (unpaired) electrons. The van der Waals surface area contributed by atoms with Gasteiger partial charge in [0.25, 0.3) is 0 Å². The average Bonchev–Trinajstić information content (AvgIpc) is 3.06. The predicted octanol–water partition coefficient (Wildman–Crippen LogP) is 1.21. The molecule has 0 unspecified atom stereocenters. The molecule has 0 spiro atoms. The van der Waals surface area contributed by atoms with E-state index in [2.05, 4.69) is 4.72 Å². The largest absolute Gasteiger partial charge is 0.444 e. The van der Waals surface area contributed by atoms with Gasteiger partial charge in [-0.3, -0.25) is 0 Å². The van der Waals surface area contributed by atoms with Gasteiger partial charge in [0.15, 0.2) is 6.10 Å². The standard InChI is InChI=1S/C15H18N2O5S/c1-11(9-16)22-15(18)12-4-2-6-14(8-12)23(19,20)17-10-13-5-3-7-21-13/h2,4,6,8,11,13,17H,3,5,7,10H2,1H3/t11-,13-/m1/s1. The van der Waals surface area contributed by atoms with E-state index >= 15 is 0 Å². The lowest BCUT2D eigenvalue weighted by atomic mass is 10.2. The molecule has 0 bridgehead atoms. The molecule has 8 heteroatoms. The number of nitrogens with one attached hydrogen (secondary N) is 1. The first kappa shape index (κ1) is 17.4. The second kappa shape index (κ2) is 7.55. The Balaban J connectivity index is 2.08. The zero-order valence-corrected chi connectivity index (χ0v) is 13.5. The third-order valence-corrected chi connectivity index (χ3v) is 4.79. The van der Waals surface area contributed by atoms with Gasteiger partial charge >= 0.3 is 5.97 Å². The van der Waals surface area contributed by atoms with Crippen molar-refractivity contribution in [3.8, 4) is 6.07 Å². The molecule has 1 N–H and O–H groups in total. The molecule has 2 atom stereocenters. The van der Waals surface area contributed by atoms with Crippen LogP contribution in [0.15, 0.2) is 29.2 Å². The number of carbonyl (C=O) groups excluding carboxylic acids is 1. The predicted molar refractivity (Wildman–Crippen MR) is 81.1 cm³/mol. The molecule has 2 rings (SSSR count). The van der Waals surface area contributed by atoms with Crippen LogP contribution in [0.25, 0.3) is 0 Å². The van der Waals surface area contributed by atoms with Gasteiger partial charge in [0.2, 0.25) is 10.0 Å². The van der Waals surface area contributed by atoms with Crippen molar-refractivity contribution in [2.75, 3.05) is 13.2 Å². The monoisotopic (exact) mass is 338 g/mol. The summed E-state index contributed by atoms with van der Waals surface area (Å²) < 4.78 is 37.2. The SMILES string of the molecule is C[C@H](C#N)OC(=O)c1cccc(S(=O)(=O)NC[C@H]2CCCO2)c1. The fraction of sp³-hybridized carbons (Fsp3) is 0.467. The summed E-state index contributed by atoms with van der Waals surface area (Å²) in [7, 11) is -3.74. The molecule has 1 heterocycles. The summed E-state index contributed by atoms with van der Waals surface area (Å²) in [4.78, 5) is 11.8. The Morgan fingerprint density at radius 2 is 2.35 bits per heavy atom. The van der Waals surface area contributed by atoms with Gasteiger partial charge in [-0.15, -0.1) is 0 Å². The highest BCUT2D eigenvalue weighted by molar-refractivity contribution is 7.89. The van der Waals surface area contributed by atoms with Crippen LogP contribution in [-0.4, -0.2) is 39.7 Å². The molecule has 1 fully saturated rings. The van der Waals surface area contributed by atoms with Crippen LogP contribution in [0.3, 0.4) is 0 Å². The normalized spacial score (nSPS) is 19.0. The van der Waals surface area contributed by atoms with Gasteiger partial charge in [-0.05, 0) is 38.0 Å². The van der Waals surface area contributed by atoms with E-state index in [1.807, 2.05) is 0 Å². The number of rotatable bonds is 6. The van der Waals surface area contributed by atoms with Gasteiger partial charge < -0.3 is 9.47 Å². The first-order chi connectivity index (χ1) is 10.9. The fourth-order valence-electron chi connectivity index (χ4n) is 2.14. The number of carbonyl (C=O) groups is 1. The summed E-state index contributed by atoms with van der Waals surface area (Å²) in [5.74, 6) is -0.741. The van der Waals surface area contributed by atoms with Gasteiger partial charge in [-0.1, -0.05) is 6.07 Å². The van der Waals surface area contributed by atoms with Crippen LogP contribution >= 0.6 is 0 Å². The molecule has 1 aliphatic heterocycles. The van der Waals surface area contributed by atoms with E-state index < -0.39 is 22.1 Å². The number of esters is 1. The maximum absolute atomic E-state index is 12.3. The highest BCUT2D eigenvalue weighted by Crippen LogP contribution is 2.15. The molecule has 1 aromatic carbocycles. The van der Waals surface area contributed by atoms with Crippen LogP contribution in [0.2, 0.25) is 0 Å². The molecule has 1 aromatic rings. The fourth-order valence-corrected chi connectivity index (χ4v) is 3.25. The number of hydrogen-bond donors (Lipinski definition) is 1. The van der Waals surface area contributed by atoms with Gasteiger partial charge in [-0.25, -0.2) is 17.9 Å². The molecule has 1 aliphatic rings. The van der Waals surface area contributed by atoms with E-state index in [4.69, 9.17) is 14.7 Å². The van der Waals surface area contributed by atoms with E-state index in [0.717, 1.165) is 12.8 Å². The lowest BCUT2D eigenvalue weighted by molar-refractivity contribution is 0.0435. The van der Waals surface area contributed by atoms with Crippen molar-refractivity contribution in [2.45, 2.75) is 36.9 Å². The van der Waals surface area contributed by atoms with E-state index in [1.54, 1.807) is 6.07 Å². The molecule has 0 aromatic heterocycles. The molecule has 0 aliphatic carbocycles. The molecular weight excluding hydrogens is 320 g/mol. The molecule has 124 valence electrons. The molecule has 0 saturated carbocycles. The summed E-state index contributed by atoms with van der Waals surface area (Å²) in [5, 5.41) is 8.64. The Kier molecular flexibility index (Phi) is 5.71. The van der Waals surface area contributed by atoms with Crippen LogP contribution in [0.4, 0.5) is 0 Å². The second-order valence-electron chi connectivity index (χ2n) is 5.19. The third kappa shape index (κ3) is 4.76. The highest BCUT2D eigenvalue weighted by Gasteiger charge is 2.21. The Morgan fingerprint density at radius 1 is 1.57 bits per heavy atom. The number of hydrogen-bond acceptors (Lipinski definition) is 6. The molecular formula is C15H18N2O5S. The lowest BCUT2D eigenvalue weighted by Crippen LogP contribution is -2.32. The summed E-state index contributed by atoms with van der Waals surface area (Å²) >= 11 is 0. The third-order valence-electron chi connectivity index (χ3n) is 3.37. The second-order valence-corrected chi connectivity index (χ2v) is 6.96. The zero-order valence-electron chi connectivity index (χ0n) is 12.7. The van der Waals surface area contributed by atoms with E-state index in [9.17, 15) is 13.2 Å². The van der Waals surface area contributed by atoms with Gasteiger partial charge in [0.05, 0.1) is 16.6 Å². The van der Waals surface area contributed by atoms with Crippen molar-refractivity contribution in [3.05, 3.63) is 29.8 Å². The minimum atomic E-state index is -3.74. The number of nitriles is 1. The molecule has 0 amide bonds. The first-order valence-electron chi connectivity index (χ1n) is 7.24. The number of ether oxygens (including phenoxy) is 2. The van der Waals surface area contributed by atoms with Crippen molar-refractivity contribution >= 4 is 16.0 Å². The molecule has 7 nitrogen and oxygen atoms in total. The topological polar surface area (TPSA) is 105 Å². The minimum Gasteiger partial charge on any atom is -0.444 e. The summed E-state index contributed by atoms with van der Waals surface area (Å²) in [5.41, 5.74) is 0.0760. The Labute approximate surface area is 135 Å². The number of benzene rings is 1. The van der Waals surface area contributed by atoms with Gasteiger partial charge in [0, 0.05) is 13.2 Å². The first-order valence-corrected chi connectivity index (χ1v) is 8.72. The van der Waals surface area contributed by atoms with E-state index in [1.165, 1.54) is 31.2 Å². The van der Waals surface area contributed by atoms with Gasteiger partial charge in [0.1, 0.15) is 6.07 Å². The summed E-state index contributed by atoms with van der Waals surface area (Å²) in [6.45, 7) is 2.27. The van der Waals surface area contributed by atoms with Crippen molar-refractivity contribution in [1.29, 1.82) is 5.26 Å². The van der Waals surface area contributed by atoms with Gasteiger partial charge in [-0.2, -0.15) is 5.26 Å². The Hall–Kier alpha value is -1.95. The van der Waals surface area contributed by atoms with Crippen molar-refractivity contribution in [2.24, 2.45) is 0 Å². The maximum atomic E-state index is 12.3. The van der Waals surface area contributed by atoms with Crippen LogP contribution in [-0.2, 0) is 19.5 Å². The number of sulfonamides is 1. The lowest BCUT2D eigenvalue weighted by Gasteiger charge is -2.12. The Bertz CT molecular complexity index is 705. The van der Waals surface area contributed by atoms with Crippen molar-refractivity contribution in [3.63, 3.8) is 0 Å².